The molecule has 0 N–H and O–H groups in total. The molecule has 140 valence electrons. The molecule has 4 rings (SSSR count). The molecule has 2 aliphatic carbocycles. The summed E-state index contributed by atoms with van der Waals surface area (Å²) >= 11 is 0. The second kappa shape index (κ2) is 7.28. The molecule has 4 unspecified atom stereocenters. The summed E-state index contributed by atoms with van der Waals surface area (Å²) in [7, 11) is -1.53. The van der Waals surface area contributed by atoms with Crippen LogP contribution in [0.3, 0.4) is 0 Å². The lowest BCUT2D eigenvalue weighted by Crippen LogP contribution is -2.42. The summed E-state index contributed by atoms with van der Waals surface area (Å²) in [6.45, 7) is 10.2. The van der Waals surface area contributed by atoms with Crippen LogP contribution in [-0.2, 0) is 0 Å². The standard InChI is InChI=1S/C26H32Si/c1-5-25(23-17-15-19-11-7-9-13-21(19)23)27(3,4)26(6-2)24-18-16-20-12-8-10-14-22(20)24/h7-18,23-26H,5-6H2,1-4H3. The summed E-state index contributed by atoms with van der Waals surface area (Å²) in [6, 6.07) is 18.0. The van der Waals surface area contributed by atoms with Gasteiger partial charge in [-0.1, -0.05) is 113 Å². The molecule has 4 atom stereocenters. The molecule has 0 heterocycles. The van der Waals surface area contributed by atoms with E-state index in [-0.39, 0.29) is 0 Å². The van der Waals surface area contributed by atoms with Crippen LogP contribution in [0.2, 0.25) is 24.2 Å². The molecule has 0 aliphatic heterocycles. The predicted molar refractivity (Wildman–Crippen MR) is 122 cm³/mol. The smallest absolute Gasteiger partial charge is 0.0554 e. The highest BCUT2D eigenvalue weighted by molar-refractivity contribution is 6.80. The normalized spacial score (nSPS) is 22.5. The van der Waals surface area contributed by atoms with Crippen molar-refractivity contribution in [2.75, 3.05) is 0 Å². The Morgan fingerprint density at radius 2 is 1.11 bits per heavy atom. The van der Waals surface area contributed by atoms with Crippen LogP contribution in [0.15, 0.2) is 60.7 Å². The zero-order chi connectivity index (χ0) is 19.0. The summed E-state index contributed by atoms with van der Waals surface area (Å²) < 4.78 is 0. The molecule has 0 fully saturated rings. The van der Waals surface area contributed by atoms with Crippen molar-refractivity contribution in [2.24, 2.45) is 0 Å². The fraction of sp³-hybridized carbons (Fsp3) is 0.385. The highest BCUT2D eigenvalue weighted by atomic mass is 28.3. The third-order valence-electron chi connectivity index (χ3n) is 7.33. The minimum atomic E-state index is -1.53. The van der Waals surface area contributed by atoms with Crippen LogP contribution in [0.25, 0.3) is 12.2 Å². The molecular formula is C26H32Si. The molecule has 1 heteroatoms. The first-order valence-electron chi connectivity index (χ1n) is 10.6. The average molecular weight is 373 g/mol. The Bertz CT molecular complexity index is 802. The monoisotopic (exact) mass is 372 g/mol. The van der Waals surface area contributed by atoms with Crippen LogP contribution in [0.4, 0.5) is 0 Å². The summed E-state index contributed by atoms with van der Waals surface area (Å²) in [6.07, 6.45) is 12.3. The molecule has 0 bridgehead atoms. The number of benzene rings is 2. The highest BCUT2D eigenvalue weighted by Crippen LogP contribution is 2.54. The molecule has 0 nitrogen and oxygen atoms in total. The largest absolute Gasteiger partial charge is 0.0764 e. The summed E-state index contributed by atoms with van der Waals surface area (Å²) in [5, 5.41) is 0. The van der Waals surface area contributed by atoms with Gasteiger partial charge in [-0.15, -0.1) is 0 Å². The molecule has 0 radical (unpaired) electrons. The lowest BCUT2D eigenvalue weighted by molar-refractivity contribution is 0.625. The quantitative estimate of drug-likeness (QED) is 0.452. The fourth-order valence-corrected chi connectivity index (χ4v) is 11.1. The van der Waals surface area contributed by atoms with Gasteiger partial charge in [0, 0.05) is 11.8 Å². The third-order valence-corrected chi connectivity index (χ3v) is 12.7. The first-order chi connectivity index (χ1) is 13.1. The van der Waals surface area contributed by atoms with Crippen molar-refractivity contribution in [1.82, 2.24) is 0 Å². The van der Waals surface area contributed by atoms with Crippen LogP contribution in [0.1, 0.15) is 60.8 Å². The zero-order valence-electron chi connectivity index (χ0n) is 17.2. The Hall–Kier alpha value is -1.86. The molecule has 2 aromatic carbocycles. The van der Waals surface area contributed by atoms with Crippen molar-refractivity contribution in [1.29, 1.82) is 0 Å². The van der Waals surface area contributed by atoms with E-state index >= 15 is 0 Å². The third kappa shape index (κ3) is 3.06. The van der Waals surface area contributed by atoms with Crippen LogP contribution in [0.5, 0.6) is 0 Å². The molecule has 27 heavy (non-hydrogen) atoms. The zero-order valence-corrected chi connectivity index (χ0v) is 18.2. The van der Waals surface area contributed by atoms with Crippen molar-refractivity contribution in [2.45, 2.75) is 62.7 Å². The van der Waals surface area contributed by atoms with Gasteiger partial charge < -0.3 is 0 Å². The van der Waals surface area contributed by atoms with E-state index in [0.717, 1.165) is 11.1 Å². The number of hydrogen-bond acceptors (Lipinski definition) is 0. The molecule has 0 saturated heterocycles. The van der Waals surface area contributed by atoms with Crippen molar-refractivity contribution in [3.63, 3.8) is 0 Å². The summed E-state index contributed by atoms with van der Waals surface area (Å²) in [5.41, 5.74) is 7.55. The van der Waals surface area contributed by atoms with E-state index in [1.54, 1.807) is 11.1 Å². The van der Waals surface area contributed by atoms with Gasteiger partial charge in [0.1, 0.15) is 0 Å². The summed E-state index contributed by atoms with van der Waals surface area (Å²) in [4.78, 5) is 0. The van der Waals surface area contributed by atoms with Gasteiger partial charge in [-0.3, -0.25) is 0 Å². The lowest BCUT2D eigenvalue weighted by atomic mass is 9.95. The Morgan fingerprint density at radius 3 is 1.52 bits per heavy atom. The van der Waals surface area contributed by atoms with E-state index < -0.39 is 8.07 Å². The van der Waals surface area contributed by atoms with E-state index in [1.807, 2.05) is 0 Å². The van der Waals surface area contributed by atoms with Crippen molar-refractivity contribution in [3.05, 3.63) is 82.9 Å². The number of hydrogen-bond donors (Lipinski definition) is 0. The van der Waals surface area contributed by atoms with Crippen molar-refractivity contribution < 1.29 is 0 Å². The molecule has 0 spiro atoms. The van der Waals surface area contributed by atoms with Gasteiger partial charge in [-0.25, -0.2) is 0 Å². The Labute approximate surface area is 166 Å². The number of allylic oxidation sites excluding steroid dienone is 2. The van der Waals surface area contributed by atoms with Crippen molar-refractivity contribution in [3.8, 4) is 0 Å². The number of fused-ring (bicyclic) bond motifs is 2. The van der Waals surface area contributed by atoms with Gasteiger partial charge in [0.15, 0.2) is 0 Å². The first kappa shape index (κ1) is 18.5. The molecular weight excluding hydrogens is 340 g/mol. The Balaban J connectivity index is 1.68. The average Bonchev–Trinajstić information content (AvgIpc) is 3.28. The summed E-state index contributed by atoms with van der Waals surface area (Å²) in [5.74, 6) is 1.20. The van der Waals surface area contributed by atoms with E-state index in [0.29, 0.717) is 11.8 Å². The van der Waals surface area contributed by atoms with E-state index in [1.165, 1.54) is 24.0 Å². The van der Waals surface area contributed by atoms with Crippen LogP contribution < -0.4 is 0 Å². The van der Waals surface area contributed by atoms with E-state index in [2.05, 4.69) is 99.8 Å². The van der Waals surface area contributed by atoms with Gasteiger partial charge >= 0.3 is 0 Å². The van der Waals surface area contributed by atoms with E-state index in [9.17, 15) is 0 Å². The van der Waals surface area contributed by atoms with Crippen molar-refractivity contribution >= 4 is 20.2 Å². The lowest BCUT2D eigenvalue weighted by Gasteiger charge is -2.44. The molecule has 0 saturated carbocycles. The van der Waals surface area contributed by atoms with Gasteiger partial charge in [-0.2, -0.15) is 0 Å². The Morgan fingerprint density at radius 1 is 0.704 bits per heavy atom. The maximum atomic E-state index is 2.67. The van der Waals surface area contributed by atoms with Gasteiger partial charge in [0.2, 0.25) is 0 Å². The van der Waals surface area contributed by atoms with Gasteiger partial charge in [-0.05, 0) is 33.3 Å². The maximum absolute atomic E-state index is 2.67. The second-order valence-corrected chi connectivity index (χ2v) is 14.0. The van der Waals surface area contributed by atoms with Gasteiger partial charge in [0.25, 0.3) is 0 Å². The molecule has 0 amide bonds. The number of rotatable bonds is 6. The first-order valence-corrected chi connectivity index (χ1v) is 13.8. The maximum Gasteiger partial charge on any atom is 0.0554 e. The van der Waals surface area contributed by atoms with Crippen LogP contribution in [0, 0.1) is 0 Å². The molecule has 0 aromatic heterocycles. The Kier molecular flexibility index (Phi) is 4.99. The second-order valence-electron chi connectivity index (χ2n) is 8.88. The molecule has 2 aromatic rings. The SMILES string of the molecule is CCC(C1C=Cc2ccccc21)[Si](C)(C)C(CC)C1C=Cc2ccccc21. The topological polar surface area (TPSA) is 0 Å². The molecule has 2 aliphatic rings. The van der Waals surface area contributed by atoms with Crippen LogP contribution >= 0.6 is 0 Å². The fourth-order valence-electron chi connectivity index (χ4n) is 6.02. The highest BCUT2D eigenvalue weighted by Gasteiger charge is 2.45. The van der Waals surface area contributed by atoms with Crippen LogP contribution in [-0.4, -0.2) is 8.07 Å². The minimum absolute atomic E-state index is 0.600. The van der Waals surface area contributed by atoms with Gasteiger partial charge in [0.05, 0.1) is 8.07 Å². The predicted octanol–water partition coefficient (Wildman–Crippen LogP) is 7.88. The van der Waals surface area contributed by atoms with E-state index in [4.69, 9.17) is 0 Å². The minimum Gasteiger partial charge on any atom is -0.0764 e.